The summed E-state index contributed by atoms with van der Waals surface area (Å²) < 4.78 is 13.9. The largest absolute Gasteiger partial charge is 0.378 e. The van der Waals surface area contributed by atoms with Gasteiger partial charge in [0.25, 0.3) is 5.91 Å². The van der Waals surface area contributed by atoms with Crippen molar-refractivity contribution in [1.29, 1.82) is 0 Å². The highest BCUT2D eigenvalue weighted by Crippen LogP contribution is 2.35. The highest BCUT2D eigenvalue weighted by atomic mass is 35.5. The molecule has 2 unspecified atom stereocenters. The van der Waals surface area contributed by atoms with Crippen LogP contribution >= 0.6 is 45.9 Å². The number of nitrogens with one attached hydrogen (secondary N) is 1. The van der Waals surface area contributed by atoms with E-state index in [4.69, 9.17) is 37.8 Å². The Morgan fingerprint density at radius 1 is 0.724 bits per heavy atom. The second-order valence-electron chi connectivity index (χ2n) is 16.2. The van der Waals surface area contributed by atoms with E-state index in [2.05, 4.69) is 22.3 Å². The van der Waals surface area contributed by atoms with E-state index in [-0.39, 0.29) is 30.1 Å². The molecule has 8 rings (SSSR count). The SMILES string of the molecule is CC(C)(C)C(=O)n1nc(C2CCCN2C(=O)N2CCOCC2)cc1CCc1ccc(Cl)s1.O=C(N1CCOCC1)N1CCCC1c1cc(CCc2ccc(Cl)s2)[nH]n1. The molecule has 0 spiro atoms. The molecule has 4 aliphatic rings. The molecule has 58 heavy (non-hydrogen) atoms. The Morgan fingerprint density at radius 2 is 1.24 bits per heavy atom. The van der Waals surface area contributed by atoms with Crippen LogP contribution in [0.2, 0.25) is 8.67 Å². The van der Waals surface area contributed by atoms with Crippen molar-refractivity contribution in [2.45, 2.75) is 84.2 Å². The summed E-state index contributed by atoms with van der Waals surface area (Å²) in [6, 6.07) is 12.2. The van der Waals surface area contributed by atoms with Gasteiger partial charge in [-0.2, -0.15) is 10.2 Å². The minimum Gasteiger partial charge on any atom is -0.378 e. The molecule has 0 bridgehead atoms. The zero-order valence-corrected chi connectivity index (χ0v) is 36.7. The standard InChI is InChI=1S/C23H31ClN4O3S.C18H23ClN4O2S/c1-23(2,3)21(29)28-16(6-7-17-8-9-20(24)32-17)15-18(25-28)19-5-4-10-27(19)22(30)26-11-13-31-14-12-26;19-17-6-5-14(26-17)4-3-13-12-15(21-20-13)16-2-1-7-23(16)18(24)22-8-10-25-11-9-22/h8-9,15,19H,4-7,10-14H2,1-3H3;5-6,12,16H,1-4,7-11H2,(H,20,21). The van der Waals surface area contributed by atoms with Crippen molar-refractivity contribution in [3.05, 3.63) is 77.6 Å². The van der Waals surface area contributed by atoms with E-state index >= 15 is 0 Å². The third-order valence-electron chi connectivity index (χ3n) is 11.1. The molecule has 4 aliphatic heterocycles. The average Bonchev–Trinajstić information content (AvgIpc) is 4.08. The summed E-state index contributed by atoms with van der Waals surface area (Å²) in [6.45, 7) is 12.2. The van der Waals surface area contributed by atoms with Crippen LogP contribution in [0, 0.1) is 5.41 Å². The van der Waals surface area contributed by atoms with Crippen molar-refractivity contribution >= 4 is 63.8 Å². The number of ether oxygens (including phenoxy) is 2. The summed E-state index contributed by atoms with van der Waals surface area (Å²) in [4.78, 5) is 49.3. The molecule has 4 fully saturated rings. The lowest BCUT2D eigenvalue weighted by Gasteiger charge is -2.33. The van der Waals surface area contributed by atoms with Crippen molar-refractivity contribution < 1.29 is 23.9 Å². The predicted octanol–water partition coefficient (Wildman–Crippen LogP) is 8.16. The number of urea groups is 2. The van der Waals surface area contributed by atoms with Crippen LogP contribution in [0.3, 0.4) is 0 Å². The van der Waals surface area contributed by atoms with Gasteiger partial charge in [0.15, 0.2) is 0 Å². The molecule has 4 aromatic rings. The number of halogens is 2. The highest BCUT2D eigenvalue weighted by molar-refractivity contribution is 7.16. The van der Waals surface area contributed by atoms with E-state index in [9.17, 15) is 14.4 Å². The summed E-state index contributed by atoms with van der Waals surface area (Å²) in [5.74, 6) is -0.0352. The number of rotatable bonds is 8. The normalized spacial score (nSPS) is 20.1. The Hall–Kier alpha value is -3.47. The number of aromatic amines is 1. The van der Waals surface area contributed by atoms with Gasteiger partial charge in [-0.15, -0.1) is 22.7 Å². The zero-order chi connectivity index (χ0) is 40.8. The lowest BCUT2D eigenvalue weighted by molar-refractivity contribution is 0.0420. The fourth-order valence-corrected chi connectivity index (χ4v) is 10.1. The van der Waals surface area contributed by atoms with Gasteiger partial charge in [0, 0.05) is 65.8 Å². The van der Waals surface area contributed by atoms with Gasteiger partial charge < -0.3 is 29.1 Å². The van der Waals surface area contributed by atoms with Crippen LogP contribution in [0.5, 0.6) is 0 Å². The number of likely N-dealkylation sites (tertiary alicyclic amines) is 2. The Kier molecular flexibility index (Phi) is 14.2. The minimum absolute atomic E-state index is 0.0352. The van der Waals surface area contributed by atoms with Crippen molar-refractivity contribution in [2.75, 3.05) is 65.7 Å². The van der Waals surface area contributed by atoms with Gasteiger partial charge in [0.1, 0.15) is 0 Å². The van der Waals surface area contributed by atoms with Gasteiger partial charge >= 0.3 is 12.1 Å². The molecule has 0 saturated carbocycles. The van der Waals surface area contributed by atoms with E-state index in [1.807, 2.05) is 64.6 Å². The number of aromatic nitrogens is 4. The number of carbonyl (C=O) groups is 3. The van der Waals surface area contributed by atoms with Crippen molar-refractivity contribution in [1.82, 2.24) is 39.6 Å². The van der Waals surface area contributed by atoms with Crippen LogP contribution in [0.1, 0.15) is 95.9 Å². The lowest BCUT2D eigenvalue weighted by atomic mass is 9.95. The van der Waals surface area contributed by atoms with Crippen LogP contribution in [-0.2, 0) is 35.2 Å². The van der Waals surface area contributed by atoms with Gasteiger partial charge in [-0.25, -0.2) is 14.3 Å². The van der Waals surface area contributed by atoms with Crippen LogP contribution in [-0.4, -0.2) is 123 Å². The molecular weight excluding hydrogens is 820 g/mol. The summed E-state index contributed by atoms with van der Waals surface area (Å²) in [6.07, 6.45) is 7.11. The summed E-state index contributed by atoms with van der Waals surface area (Å²) >= 11 is 15.3. The molecule has 0 aromatic carbocycles. The molecule has 0 aliphatic carbocycles. The first-order valence-electron chi connectivity index (χ1n) is 20.4. The van der Waals surface area contributed by atoms with Crippen LogP contribution in [0.4, 0.5) is 9.59 Å². The molecule has 4 aromatic heterocycles. The van der Waals surface area contributed by atoms with E-state index in [1.165, 1.54) is 9.75 Å². The summed E-state index contributed by atoms with van der Waals surface area (Å²) in [5.41, 5.74) is 3.22. The van der Waals surface area contributed by atoms with Gasteiger partial charge in [0.2, 0.25) is 0 Å². The van der Waals surface area contributed by atoms with Crippen LogP contribution in [0.25, 0.3) is 0 Å². The van der Waals surface area contributed by atoms with E-state index in [0.717, 1.165) is 82.9 Å². The minimum atomic E-state index is -0.552. The number of amides is 4. The molecular formula is C41H54Cl2N8O5S2. The number of morpholine rings is 2. The number of thiophene rings is 2. The molecule has 17 heteroatoms. The summed E-state index contributed by atoms with van der Waals surface area (Å²) in [7, 11) is 0. The smallest absolute Gasteiger partial charge is 0.320 e. The highest BCUT2D eigenvalue weighted by Gasteiger charge is 2.37. The van der Waals surface area contributed by atoms with Gasteiger partial charge in [-0.05, 0) is 87.8 Å². The second-order valence-corrected chi connectivity index (χ2v) is 19.8. The molecule has 4 amide bonds. The van der Waals surface area contributed by atoms with Crippen LogP contribution < -0.4 is 0 Å². The van der Waals surface area contributed by atoms with E-state index in [1.54, 1.807) is 27.4 Å². The number of hydrogen-bond donors (Lipinski definition) is 1. The molecule has 1 N–H and O–H groups in total. The van der Waals surface area contributed by atoms with E-state index < -0.39 is 5.41 Å². The van der Waals surface area contributed by atoms with Crippen molar-refractivity contribution in [3.63, 3.8) is 0 Å². The third-order valence-corrected chi connectivity index (χ3v) is 13.6. The Balaban J connectivity index is 0.000000180. The molecule has 0 radical (unpaired) electrons. The number of aryl methyl sites for hydroxylation is 4. The number of nitrogens with zero attached hydrogens (tertiary/aromatic N) is 7. The maximum Gasteiger partial charge on any atom is 0.320 e. The number of carbonyl (C=O) groups excluding carboxylic acids is 3. The monoisotopic (exact) mass is 872 g/mol. The third kappa shape index (κ3) is 10.5. The molecule has 13 nitrogen and oxygen atoms in total. The van der Waals surface area contributed by atoms with Crippen molar-refractivity contribution in [3.8, 4) is 0 Å². The van der Waals surface area contributed by atoms with Crippen LogP contribution in [0.15, 0.2) is 36.4 Å². The maximum absolute atomic E-state index is 13.2. The fraction of sp³-hybridized carbons (Fsp3) is 0.585. The second kappa shape index (κ2) is 19.3. The average molecular weight is 874 g/mol. The lowest BCUT2D eigenvalue weighted by Crippen LogP contribution is -2.47. The Labute approximate surface area is 358 Å². The molecule has 314 valence electrons. The zero-order valence-electron chi connectivity index (χ0n) is 33.6. The van der Waals surface area contributed by atoms with Gasteiger partial charge in [0.05, 0.1) is 58.6 Å². The Bertz CT molecular complexity index is 2010. The van der Waals surface area contributed by atoms with Gasteiger partial charge in [-0.3, -0.25) is 9.89 Å². The first-order chi connectivity index (χ1) is 27.9. The molecule has 4 saturated heterocycles. The number of H-pyrrole nitrogens is 1. The maximum atomic E-state index is 13.2. The predicted molar refractivity (Wildman–Crippen MR) is 227 cm³/mol. The Morgan fingerprint density at radius 3 is 1.74 bits per heavy atom. The quantitative estimate of drug-likeness (QED) is 0.189. The van der Waals surface area contributed by atoms with E-state index in [0.29, 0.717) is 65.6 Å². The topological polar surface area (TPSA) is 129 Å². The molecule has 8 heterocycles. The van der Waals surface area contributed by atoms with Crippen molar-refractivity contribution in [2.24, 2.45) is 5.41 Å². The first-order valence-corrected chi connectivity index (χ1v) is 22.8. The first kappa shape index (κ1) is 42.6. The fourth-order valence-electron chi connectivity index (χ4n) is 7.91. The number of hydrogen-bond acceptors (Lipinski definition) is 9. The summed E-state index contributed by atoms with van der Waals surface area (Å²) in [5, 5.41) is 12.4. The molecule has 2 atom stereocenters. The van der Waals surface area contributed by atoms with Gasteiger partial charge in [-0.1, -0.05) is 44.0 Å².